The van der Waals surface area contributed by atoms with Gasteiger partial charge in [0.15, 0.2) is 0 Å². The van der Waals surface area contributed by atoms with E-state index >= 15 is 0 Å². The molecule has 13 heavy (non-hydrogen) atoms. The highest BCUT2D eigenvalue weighted by Gasteiger charge is 2.60. The zero-order valence-corrected chi connectivity index (χ0v) is 8.03. The second-order valence-corrected chi connectivity index (χ2v) is 4.86. The molecule has 0 aromatic carbocycles. The Morgan fingerprint density at radius 1 is 1.46 bits per heavy atom. The monoisotopic (exact) mass is 180 g/mol. The van der Waals surface area contributed by atoms with Crippen molar-refractivity contribution in [3.63, 3.8) is 0 Å². The van der Waals surface area contributed by atoms with Gasteiger partial charge in [-0.05, 0) is 31.1 Å². The van der Waals surface area contributed by atoms with Gasteiger partial charge in [0.2, 0.25) is 0 Å². The summed E-state index contributed by atoms with van der Waals surface area (Å²) in [6, 6.07) is 0. The SMILES string of the molecule is CCCC1C2CC3C(=O)OC1C3C2. The van der Waals surface area contributed by atoms with Crippen LogP contribution >= 0.6 is 0 Å². The Morgan fingerprint density at radius 3 is 3.08 bits per heavy atom. The molecule has 0 amide bonds. The molecule has 5 unspecified atom stereocenters. The second kappa shape index (κ2) is 2.49. The average Bonchev–Trinajstić information content (AvgIpc) is 2.69. The summed E-state index contributed by atoms with van der Waals surface area (Å²) >= 11 is 0. The van der Waals surface area contributed by atoms with E-state index in [1.54, 1.807) is 0 Å². The fourth-order valence-electron chi connectivity index (χ4n) is 3.81. The molecule has 1 saturated heterocycles. The van der Waals surface area contributed by atoms with Gasteiger partial charge < -0.3 is 4.74 Å². The first-order chi connectivity index (χ1) is 6.31. The molecule has 1 heterocycles. The number of carbonyl (C=O) groups excluding carboxylic acids is 1. The number of hydrogen-bond acceptors (Lipinski definition) is 2. The number of rotatable bonds is 2. The van der Waals surface area contributed by atoms with Gasteiger partial charge in [-0.1, -0.05) is 13.3 Å². The summed E-state index contributed by atoms with van der Waals surface area (Å²) in [4.78, 5) is 11.4. The van der Waals surface area contributed by atoms with Crippen LogP contribution in [0.25, 0.3) is 0 Å². The van der Waals surface area contributed by atoms with Gasteiger partial charge >= 0.3 is 5.97 Å². The van der Waals surface area contributed by atoms with Crippen molar-refractivity contribution in [2.24, 2.45) is 23.7 Å². The van der Waals surface area contributed by atoms with E-state index in [4.69, 9.17) is 4.74 Å². The molecule has 2 heteroatoms. The minimum atomic E-state index is 0.108. The Balaban J connectivity index is 1.86. The van der Waals surface area contributed by atoms with Crippen molar-refractivity contribution in [2.45, 2.75) is 38.7 Å². The number of carbonyl (C=O) groups is 1. The molecule has 1 aliphatic heterocycles. The summed E-state index contributed by atoms with van der Waals surface area (Å²) < 4.78 is 5.47. The van der Waals surface area contributed by atoms with Crippen molar-refractivity contribution in [1.29, 1.82) is 0 Å². The van der Waals surface area contributed by atoms with Crippen LogP contribution in [0.5, 0.6) is 0 Å². The standard InChI is InChI=1S/C11H16O2/c1-2-3-7-6-4-8-9(5-6)11(12)13-10(7)8/h6-10H,2-5H2,1H3. The van der Waals surface area contributed by atoms with E-state index in [2.05, 4.69) is 6.92 Å². The summed E-state index contributed by atoms with van der Waals surface area (Å²) in [5.41, 5.74) is 0. The third kappa shape index (κ3) is 0.866. The Labute approximate surface area is 78.6 Å². The lowest BCUT2D eigenvalue weighted by Gasteiger charge is -2.24. The van der Waals surface area contributed by atoms with Gasteiger partial charge in [0, 0.05) is 5.92 Å². The van der Waals surface area contributed by atoms with Crippen LogP contribution in [0, 0.1) is 23.7 Å². The van der Waals surface area contributed by atoms with Gasteiger partial charge in [0.1, 0.15) is 6.10 Å². The van der Waals surface area contributed by atoms with Gasteiger partial charge in [-0.15, -0.1) is 0 Å². The first kappa shape index (κ1) is 7.84. The number of hydrogen-bond donors (Lipinski definition) is 0. The summed E-state index contributed by atoms with van der Waals surface area (Å²) in [6.45, 7) is 2.22. The molecule has 2 saturated carbocycles. The van der Waals surface area contributed by atoms with Crippen LogP contribution in [0.1, 0.15) is 32.6 Å². The van der Waals surface area contributed by atoms with Crippen LogP contribution in [0.15, 0.2) is 0 Å². The van der Waals surface area contributed by atoms with Gasteiger partial charge in [-0.3, -0.25) is 4.79 Å². The molecule has 0 aromatic heterocycles. The van der Waals surface area contributed by atoms with Crippen molar-refractivity contribution < 1.29 is 9.53 Å². The quantitative estimate of drug-likeness (QED) is 0.607. The highest BCUT2D eigenvalue weighted by Crippen LogP contribution is 2.58. The van der Waals surface area contributed by atoms with Crippen molar-refractivity contribution in [3.8, 4) is 0 Å². The lowest BCUT2D eigenvalue weighted by Crippen LogP contribution is -2.26. The molecule has 0 N–H and O–H groups in total. The van der Waals surface area contributed by atoms with Gasteiger partial charge in [-0.25, -0.2) is 0 Å². The minimum absolute atomic E-state index is 0.108. The zero-order chi connectivity index (χ0) is 9.00. The van der Waals surface area contributed by atoms with E-state index in [-0.39, 0.29) is 5.97 Å². The number of fused-ring (bicyclic) bond motifs is 1. The highest BCUT2D eigenvalue weighted by atomic mass is 16.6. The zero-order valence-electron chi connectivity index (χ0n) is 8.03. The maximum absolute atomic E-state index is 11.4. The lowest BCUT2D eigenvalue weighted by atomic mass is 9.80. The van der Waals surface area contributed by atoms with Gasteiger partial charge in [0.25, 0.3) is 0 Å². The normalized spacial score (nSPS) is 51.5. The number of ether oxygens (including phenoxy) is 1. The fraction of sp³-hybridized carbons (Fsp3) is 0.909. The Hall–Kier alpha value is -0.530. The van der Waals surface area contributed by atoms with E-state index in [1.807, 2.05) is 0 Å². The van der Waals surface area contributed by atoms with Crippen LogP contribution in [-0.4, -0.2) is 12.1 Å². The lowest BCUT2D eigenvalue weighted by molar-refractivity contribution is -0.144. The van der Waals surface area contributed by atoms with Gasteiger partial charge in [-0.2, -0.15) is 0 Å². The molecular formula is C11H16O2. The summed E-state index contributed by atoms with van der Waals surface area (Å²) in [5.74, 6) is 2.53. The Morgan fingerprint density at radius 2 is 2.31 bits per heavy atom. The maximum Gasteiger partial charge on any atom is 0.309 e. The molecule has 2 aliphatic carbocycles. The first-order valence-corrected chi connectivity index (χ1v) is 5.51. The molecule has 72 valence electrons. The van der Waals surface area contributed by atoms with Crippen LogP contribution in [0.2, 0.25) is 0 Å². The number of esters is 1. The first-order valence-electron chi connectivity index (χ1n) is 5.51. The highest BCUT2D eigenvalue weighted by molar-refractivity contribution is 5.76. The summed E-state index contributed by atoms with van der Waals surface area (Å²) in [5, 5.41) is 0. The molecule has 0 spiro atoms. The summed E-state index contributed by atoms with van der Waals surface area (Å²) in [6.07, 6.45) is 5.20. The van der Waals surface area contributed by atoms with Crippen LogP contribution in [0.3, 0.4) is 0 Å². The molecule has 2 nitrogen and oxygen atoms in total. The van der Waals surface area contributed by atoms with Crippen LogP contribution < -0.4 is 0 Å². The van der Waals surface area contributed by atoms with Crippen molar-refractivity contribution in [3.05, 3.63) is 0 Å². The summed E-state index contributed by atoms with van der Waals surface area (Å²) in [7, 11) is 0. The van der Waals surface area contributed by atoms with E-state index in [0.29, 0.717) is 23.9 Å². The van der Waals surface area contributed by atoms with Crippen molar-refractivity contribution >= 4 is 5.97 Å². The second-order valence-electron chi connectivity index (χ2n) is 4.86. The predicted molar refractivity (Wildman–Crippen MR) is 48.0 cm³/mol. The topological polar surface area (TPSA) is 26.3 Å². The molecule has 2 bridgehead atoms. The minimum Gasteiger partial charge on any atom is -0.462 e. The van der Waals surface area contributed by atoms with Crippen molar-refractivity contribution in [2.75, 3.05) is 0 Å². The average molecular weight is 180 g/mol. The predicted octanol–water partition coefficient (Wildman–Crippen LogP) is 1.98. The largest absolute Gasteiger partial charge is 0.462 e. The van der Waals surface area contributed by atoms with Crippen LogP contribution in [-0.2, 0) is 9.53 Å². The fourth-order valence-corrected chi connectivity index (χ4v) is 3.81. The van der Waals surface area contributed by atoms with E-state index < -0.39 is 0 Å². The van der Waals surface area contributed by atoms with Crippen LogP contribution in [0.4, 0.5) is 0 Å². The third-order valence-corrected chi connectivity index (χ3v) is 4.27. The molecule has 5 atom stereocenters. The smallest absolute Gasteiger partial charge is 0.309 e. The van der Waals surface area contributed by atoms with E-state index in [0.717, 1.165) is 12.3 Å². The van der Waals surface area contributed by atoms with E-state index in [9.17, 15) is 4.79 Å². The molecule has 0 aromatic rings. The molecule has 3 fully saturated rings. The molecule has 3 rings (SSSR count). The molecular weight excluding hydrogens is 164 g/mol. The van der Waals surface area contributed by atoms with Crippen molar-refractivity contribution in [1.82, 2.24) is 0 Å². The molecule has 3 aliphatic rings. The maximum atomic E-state index is 11.4. The Bertz CT molecular complexity index is 248. The van der Waals surface area contributed by atoms with E-state index in [1.165, 1.54) is 19.3 Å². The Kier molecular flexibility index (Phi) is 1.50. The van der Waals surface area contributed by atoms with Gasteiger partial charge in [0.05, 0.1) is 5.92 Å². The third-order valence-electron chi connectivity index (χ3n) is 4.27. The molecule has 0 radical (unpaired) electrons.